The molecule has 1 fully saturated rings. The fourth-order valence-electron chi connectivity index (χ4n) is 3.65. The Labute approximate surface area is 142 Å². The molecular formula is C19H17F2NO3. The van der Waals surface area contributed by atoms with Gasteiger partial charge >= 0.3 is 5.97 Å². The Morgan fingerprint density at radius 2 is 1.92 bits per heavy atom. The van der Waals surface area contributed by atoms with E-state index in [2.05, 4.69) is 0 Å². The third-order valence-electron chi connectivity index (χ3n) is 4.84. The van der Waals surface area contributed by atoms with E-state index < -0.39 is 17.6 Å². The maximum absolute atomic E-state index is 14.5. The second-order valence-electron chi connectivity index (χ2n) is 6.19. The van der Waals surface area contributed by atoms with Gasteiger partial charge in [-0.05, 0) is 37.1 Å². The van der Waals surface area contributed by atoms with Gasteiger partial charge in [-0.2, -0.15) is 0 Å². The smallest absolute Gasteiger partial charge is 0.337 e. The quantitative estimate of drug-likeness (QED) is 0.653. The number of carbonyl (C=O) groups is 1. The molecule has 0 unspecified atom stereocenters. The van der Waals surface area contributed by atoms with E-state index in [4.69, 9.17) is 9.47 Å². The minimum absolute atomic E-state index is 0.103. The average Bonchev–Trinajstić information content (AvgIpc) is 2.98. The molecule has 130 valence electrons. The summed E-state index contributed by atoms with van der Waals surface area (Å²) in [6, 6.07) is 7.77. The Hall–Kier alpha value is -2.47. The maximum Gasteiger partial charge on any atom is 0.337 e. The van der Waals surface area contributed by atoms with Crippen LogP contribution >= 0.6 is 0 Å². The van der Waals surface area contributed by atoms with Gasteiger partial charge < -0.3 is 14.0 Å². The molecule has 0 atom stereocenters. The van der Waals surface area contributed by atoms with Gasteiger partial charge in [0.25, 0.3) is 0 Å². The molecule has 0 N–H and O–H groups in total. The lowest BCUT2D eigenvalue weighted by molar-refractivity contribution is 0.0600. The minimum Gasteiger partial charge on any atom is -0.465 e. The Bertz CT molecular complexity index is 974. The Morgan fingerprint density at radius 3 is 2.64 bits per heavy atom. The number of aromatic nitrogens is 1. The van der Waals surface area contributed by atoms with Crippen LogP contribution in [0.15, 0.2) is 30.3 Å². The highest BCUT2D eigenvalue weighted by atomic mass is 19.2. The van der Waals surface area contributed by atoms with E-state index >= 15 is 0 Å². The lowest BCUT2D eigenvalue weighted by Gasteiger charge is -2.25. The summed E-state index contributed by atoms with van der Waals surface area (Å²) in [4.78, 5) is 11.9. The number of carbonyl (C=O) groups excluding carboxylic acids is 1. The largest absolute Gasteiger partial charge is 0.465 e. The van der Waals surface area contributed by atoms with E-state index in [-0.39, 0.29) is 11.4 Å². The first-order chi connectivity index (χ1) is 12.1. The van der Waals surface area contributed by atoms with Crippen LogP contribution < -0.4 is 0 Å². The third-order valence-corrected chi connectivity index (χ3v) is 4.84. The Balaban J connectivity index is 2.06. The molecule has 4 rings (SSSR count). The van der Waals surface area contributed by atoms with E-state index in [1.54, 1.807) is 24.3 Å². The van der Waals surface area contributed by atoms with Crippen LogP contribution in [0.4, 0.5) is 8.78 Å². The van der Waals surface area contributed by atoms with Crippen LogP contribution in [0.5, 0.6) is 0 Å². The van der Waals surface area contributed by atoms with Crippen molar-refractivity contribution < 1.29 is 23.0 Å². The normalized spacial score (nSPS) is 15.8. The summed E-state index contributed by atoms with van der Waals surface area (Å²) in [5.41, 5.74) is 1.71. The van der Waals surface area contributed by atoms with Crippen molar-refractivity contribution in [2.75, 3.05) is 20.3 Å². The number of nitrogens with zero attached hydrogens (tertiary/aromatic N) is 1. The summed E-state index contributed by atoms with van der Waals surface area (Å²) in [5, 5.41) is 0.837. The van der Waals surface area contributed by atoms with Crippen molar-refractivity contribution in [1.29, 1.82) is 0 Å². The van der Waals surface area contributed by atoms with Crippen molar-refractivity contribution >= 4 is 27.8 Å². The standard InChI is InChI=1S/C19H17F2NO3/c1-24-19(23)11-2-3-13-16(10-11)22(12-6-8-25-9-7-12)15-5-4-14(20)18(21)17(13)15/h2-5,10,12H,6-9H2,1H3. The molecule has 1 saturated heterocycles. The first-order valence-electron chi connectivity index (χ1n) is 8.19. The number of methoxy groups -OCH3 is 1. The molecule has 0 bridgehead atoms. The number of hydrogen-bond acceptors (Lipinski definition) is 3. The summed E-state index contributed by atoms with van der Waals surface area (Å²) in [7, 11) is 1.32. The highest BCUT2D eigenvalue weighted by molar-refractivity contribution is 6.10. The lowest BCUT2D eigenvalue weighted by Crippen LogP contribution is -2.19. The van der Waals surface area contributed by atoms with Crippen LogP contribution in [-0.4, -0.2) is 30.9 Å². The van der Waals surface area contributed by atoms with Crippen molar-refractivity contribution in [3.8, 4) is 0 Å². The molecule has 0 aliphatic carbocycles. The molecule has 2 heterocycles. The van der Waals surface area contributed by atoms with Crippen molar-refractivity contribution in [3.63, 3.8) is 0 Å². The highest BCUT2D eigenvalue weighted by Crippen LogP contribution is 2.37. The van der Waals surface area contributed by atoms with Crippen LogP contribution in [0.1, 0.15) is 29.2 Å². The molecule has 0 radical (unpaired) electrons. The van der Waals surface area contributed by atoms with Gasteiger partial charge in [-0.25, -0.2) is 13.6 Å². The van der Waals surface area contributed by atoms with Gasteiger partial charge in [-0.3, -0.25) is 0 Å². The zero-order valence-corrected chi connectivity index (χ0v) is 13.7. The minimum atomic E-state index is -0.879. The van der Waals surface area contributed by atoms with Crippen LogP contribution in [0.2, 0.25) is 0 Å². The summed E-state index contributed by atoms with van der Waals surface area (Å²) >= 11 is 0. The molecule has 4 nitrogen and oxygen atoms in total. The first kappa shape index (κ1) is 16.0. The highest BCUT2D eigenvalue weighted by Gasteiger charge is 2.24. The van der Waals surface area contributed by atoms with E-state index in [0.29, 0.717) is 35.2 Å². The van der Waals surface area contributed by atoms with Gasteiger partial charge in [0.05, 0.1) is 23.7 Å². The number of rotatable bonds is 2. The van der Waals surface area contributed by atoms with E-state index in [1.165, 1.54) is 7.11 Å². The topological polar surface area (TPSA) is 40.5 Å². The third kappa shape index (κ3) is 2.48. The van der Waals surface area contributed by atoms with Gasteiger partial charge in [0.15, 0.2) is 11.6 Å². The molecule has 1 aromatic heterocycles. The van der Waals surface area contributed by atoms with Crippen LogP contribution in [0.3, 0.4) is 0 Å². The lowest BCUT2D eigenvalue weighted by atomic mass is 10.1. The van der Waals surface area contributed by atoms with Crippen LogP contribution in [0.25, 0.3) is 21.8 Å². The van der Waals surface area contributed by atoms with Gasteiger partial charge in [-0.1, -0.05) is 6.07 Å². The number of esters is 1. The number of benzene rings is 2. The second kappa shape index (κ2) is 6.11. The monoisotopic (exact) mass is 345 g/mol. The van der Waals surface area contributed by atoms with Crippen molar-refractivity contribution in [1.82, 2.24) is 4.57 Å². The molecule has 6 heteroatoms. The van der Waals surface area contributed by atoms with Gasteiger partial charge in [0, 0.05) is 30.0 Å². The number of halogens is 2. The fraction of sp³-hybridized carbons (Fsp3) is 0.316. The second-order valence-corrected chi connectivity index (χ2v) is 6.19. The Kier molecular flexibility index (Phi) is 3.92. The molecule has 2 aromatic carbocycles. The fourth-order valence-corrected chi connectivity index (χ4v) is 3.65. The van der Waals surface area contributed by atoms with Crippen molar-refractivity contribution in [3.05, 3.63) is 47.5 Å². The number of ether oxygens (including phenoxy) is 2. The Morgan fingerprint density at radius 1 is 1.16 bits per heavy atom. The zero-order valence-electron chi connectivity index (χ0n) is 13.7. The van der Waals surface area contributed by atoms with E-state index in [1.807, 2.05) is 4.57 Å². The zero-order chi connectivity index (χ0) is 17.6. The average molecular weight is 345 g/mol. The van der Waals surface area contributed by atoms with Crippen LogP contribution in [0, 0.1) is 11.6 Å². The van der Waals surface area contributed by atoms with Gasteiger partial charge in [0.2, 0.25) is 0 Å². The summed E-state index contributed by atoms with van der Waals surface area (Å²) in [5.74, 6) is -2.20. The van der Waals surface area contributed by atoms with Crippen LogP contribution in [-0.2, 0) is 9.47 Å². The number of hydrogen-bond donors (Lipinski definition) is 0. The molecule has 1 aliphatic heterocycles. The molecule has 1 aliphatic rings. The first-order valence-corrected chi connectivity index (χ1v) is 8.19. The molecule has 0 amide bonds. The maximum atomic E-state index is 14.5. The summed E-state index contributed by atoms with van der Waals surface area (Å²) < 4.78 is 40.6. The molecular weight excluding hydrogens is 328 g/mol. The van der Waals surface area contributed by atoms with E-state index in [0.717, 1.165) is 18.9 Å². The summed E-state index contributed by atoms with van der Waals surface area (Å²) in [6.45, 7) is 1.23. The molecule has 0 saturated carbocycles. The van der Waals surface area contributed by atoms with Crippen molar-refractivity contribution in [2.24, 2.45) is 0 Å². The number of fused-ring (bicyclic) bond motifs is 3. The van der Waals surface area contributed by atoms with E-state index in [9.17, 15) is 13.6 Å². The molecule has 0 spiro atoms. The molecule has 3 aromatic rings. The van der Waals surface area contributed by atoms with Gasteiger partial charge in [-0.15, -0.1) is 0 Å². The predicted octanol–water partition coefficient (Wildman–Crippen LogP) is 4.21. The van der Waals surface area contributed by atoms with Gasteiger partial charge in [0.1, 0.15) is 0 Å². The SMILES string of the molecule is COC(=O)c1ccc2c3c(F)c(F)ccc3n(C3CCOCC3)c2c1. The summed E-state index contributed by atoms with van der Waals surface area (Å²) in [6.07, 6.45) is 1.56. The predicted molar refractivity (Wildman–Crippen MR) is 89.8 cm³/mol. The molecule has 25 heavy (non-hydrogen) atoms. The van der Waals surface area contributed by atoms with Crippen molar-refractivity contribution in [2.45, 2.75) is 18.9 Å².